The summed E-state index contributed by atoms with van der Waals surface area (Å²) < 4.78 is 0. The molecule has 0 aliphatic heterocycles. The van der Waals surface area contributed by atoms with E-state index in [1.165, 1.54) is 0 Å². The van der Waals surface area contributed by atoms with Gasteiger partial charge in [0.2, 0.25) is 0 Å². The molecule has 92 valence electrons. The van der Waals surface area contributed by atoms with Gasteiger partial charge in [-0.05, 0) is 6.42 Å². The fourth-order valence-electron chi connectivity index (χ4n) is 1.63. The maximum Gasteiger partial charge on any atom is 0.185 e. The van der Waals surface area contributed by atoms with Crippen molar-refractivity contribution in [3.8, 4) is 0 Å². The van der Waals surface area contributed by atoms with Gasteiger partial charge in [0.25, 0.3) is 0 Å². The lowest BCUT2D eigenvalue weighted by Crippen LogP contribution is -2.18. The quantitative estimate of drug-likeness (QED) is 0.882. The Hall–Kier alpha value is -0.610. The highest BCUT2D eigenvalue weighted by Crippen LogP contribution is 2.33. The molecule has 1 rings (SSSR count). The number of nitrogens with zero attached hydrogens (tertiary/aromatic N) is 2. The van der Waals surface area contributed by atoms with E-state index in [1.54, 1.807) is 11.3 Å². The number of rotatable bonds is 4. The highest BCUT2D eigenvalue weighted by Gasteiger charge is 2.23. The first-order chi connectivity index (χ1) is 7.40. The van der Waals surface area contributed by atoms with Crippen LogP contribution < -0.4 is 4.90 Å². The Labute approximate surface area is 102 Å². The zero-order chi connectivity index (χ0) is 12.3. The van der Waals surface area contributed by atoms with Crippen LogP contribution in [0.5, 0.6) is 0 Å². The average molecular weight is 242 g/mol. The average Bonchev–Trinajstić information content (AvgIpc) is 2.61. The molecule has 16 heavy (non-hydrogen) atoms. The molecule has 0 aromatic carbocycles. The largest absolute Gasteiger partial charge is 0.391 e. The Kier molecular flexibility index (Phi) is 4.33. The summed E-state index contributed by atoms with van der Waals surface area (Å²) in [4.78, 5) is 7.80. The Morgan fingerprint density at radius 1 is 1.38 bits per heavy atom. The molecule has 0 spiro atoms. The summed E-state index contributed by atoms with van der Waals surface area (Å²) in [6.07, 6.45) is 1.11. The van der Waals surface area contributed by atoms with Gasteiger partial charge in [0.05, 0.1) is 17.2 Å². The molecular formula is C12H22N2OS. The molecule has 3 nitrogen and oxygen atoms in total. The predicted molar refractivity (Wildman–Crippen MR) is 70.3 cm³/mol. The number of thiazole rings is 1. The van der Waals surface area contributed by atoms with E-state index in [-0.39, 0.29) is 12.0 Å². The second kappa shape index (κ2) is 5.15. The summed E-state index contributed by atoms with van der Waals surface area (Å²) in [6.45, 7) is 9.63. The van der Waals surface area contributed by atoms with E-state index in [0.29, 0.717) is 0 Å². The van der Waals surface area contributed by atoms with Crippen molar-refractivity contribution in [1.82, 2.24) is 4.98 Å². The first-order valence-electron chi connectivity index (χ1n) is 5.72. The minimum Gasteiger partial charge on any atom is -0.391 e. The van der Waals surface area contributed by atoms with E-state index >= 15 is 0 Å². The lowest BCUT2D eigenvalue weighted by Gasteiger charge is -2.17. The normalized spacial score (nSPS) is 11.9. The Balaban J connectivity index is 3.03. The van der Waals surface area contributed by atoms with Crippen molar-refractivity contribution in [2.24, 2.45) is 0 Å². The minimum absolute atomic E-state index is 0.000131. The number of aliphatic hydroxyl groups is 1. The van der Waals surface area contributed by atoms with E-state index in [1.807, 2.05) is 0 Å². The summed E-state index contributed by atoms with van der Waals surface area (Å²) >= 11 is 1.60. The molecular weight excluding hydrogens is 220 g/mol. The Morgan fingerprint density at radius 2 is 2.00 bits per heavy atom. The standard InChI is InChI=1S/C12H22N2OS/c1-6-7-14(5)11-13-10(12(2,3)4)9(8-15)16-11/h15H,6-8H2,1-5H3. The summed E-state index contributed by atoms with van der Waals surface area (Å²) in [5.74, 6) is 0. The van der Waals surface area contributed by atoms with Gasteiger partial charge in [-0.15, -0.1) is 0 Å². The van der Waals surface area contributed by atoms with Crippen molar-refractivity contribution in [2.45, 2.75) is 46.1 Å². The number of hydrogen-bond donors (Lipinski definition) is 1. The van der Waals surface area contributed by atoms with E-state index in [0.717, 1.165) is 28.7 Å². The number of aliphatic hydroxyl groups excluding tert-OH is 1. The second-order valence-electron chi connectivity index (χ2n) is 5.10. The third kappa shape index (κ3) is 2.95. The molecule has 0 unspecified atom stereocenters. The van der Waals surface area contributed by atoms with Crippen LogP contribution in [-0.4, -0.2) is 23.7 Å². The van der Waals surface area contributed by atoms with Crippen LogP contribution in [0.15, 0.2) is 0 Å². The highest BCUT2D eigenvalue weighted by atomic mass is 32.1. The fourth-order valence-corrected chi connectivity index (χ4v) is 2.74. The summed E-state index contributed by atoms with van der Waals surface area (Å²) in [7, 11) is 2.05. The lowest BCUT2D eigenvalue weighted by molar-refractivity contribution is 0.282. The van der Waals surface area contributed by atoms with Gasteiger partial charge < -0.3 is 10.0 Å². The SMILES string of the molecule is CCCN(C)c1nc(C(C)(C)C)c(CO)s1. The zero-order valence-electron chi connectivity index (χ0n) is 10.9. The van der Waals surface area contributed by atoms with Crippen molar-refractivity contribution in [1.29, 1.82) is 0 Å². The summed E-state index contributed by atoms with van der Waals surface area (Å²) in [6, 6.07) is 0. The van der Waals surface area contributed by atoms with Crippen molar-refractivity contribution in [2.75, 3.05) is 18.5 Å². The van der Waals surface area contributed by atoms with E-state index in [2.05, 4.69) is 44.6 Å². The second-order valence-corrected chi connectivity index (χ2v) is 6.16. The maximum atomic E-state index is 9.36. The molecule has 4 heteroatoms. The van der Waals surface area contributed by atoms with Crippen molar-refractivity contribution in [3.05, 3.63) is 10.6 Å². The first-order valence-corrected chi connectivity index (χ1v) is 6.54. The molecule has 0 saturated heterocycles. The molecule has 0 bridgehead atoms. The van der Waals surface area contributed by atoms with Crippen LogP contribution >= 0.6 is 11.3 Å². The van der Waals surface area contributed by atoms with E-state index in [4.69, 9.17) is 0 Å². The van der Waals surface area contributed by atoms with Crippen LogP contribution in [-0.2, 0) is 12.0 Å². The lowest BCUT2D eigenvalue weighted by atomic mass is 9.91. The van der Waals surface area contributed by atoms with E-state index in [9.17, 15) is 5.11 Å². The zero-order valence-corrected chi connectivity index (χ0v) is 11.7. The molecule has 1 N–H and O–H groups in total. The van der Waals surface area contributed by atoms with E-state index < -0.39 is 0 Å². The van der Waals surface area contributed by atoms with Gasteiger partial charge in [0.1, 0.15) is 0 Å². The molecule has 0 saturated carbocycles. The summed E-state index contributed by atoms with van der Waals surface area (Å²) in [5, 5.41) is 10.4. The van der Waals surface area contributed by atoms with Gasteiger partial charge in [0.15, 0.2) is 5.13 Å². The van der Waals surface area contributed by atoms with Gasteiger partial charge in [-0.1, -0.05) is 39.0 Å². The van der Waals surface area contributed by atoms with Gasteiger partial charge in [0, 0.05) is 19.0 Å². The third-order valence-electron chi connectivity index (χ3n) is 2.43. The Morgan fingerprint density at radius 3 is 2.38 bits per heavy atom. The molecule has 0 atom stereocenters. The monoisotopic (exact) mass is 242 g/mol. The van der Waals surface area contributed by atoms with Crippen LogP contribution in [0.25, 0.3) is 0 Å². The van der Waals surface area contributed by atoms with Crippen LogP contribution in [0.3, 0.4) is 0 Å². The molecule has 0 amide bonds. The molecule has 0 aliphatic carbocycles. The molecule has 0 aliphatic rings. The van der Waals surface area contributed by atoms with Crippen LogP contribution in [0.2, 0.25) is 0 Å². The molecule has 1 aromatic heterocycles. The van der Waals surface area contributed by atoms with Gasteiger partial charge >= 0.3 is 0 Å². The van der Waals surface area contributed by atoms with Crippen molar-refractivity contribution >= 4 is 16.5 Å². The van der Waals surface area contributed by atoms with Crippen LogP contribution in [0.1, 0.15) is 44.7 Å². The maximum absolute atomic E-state index is 9.36. The Bertz CT molecular complexity index is 341. The van der Waals surface area contributed by atoms with Gasteiger partial charge in [-0.3, -0.25) is 0 Å². The van der Waals surface area contributed by atoms with Gasteiger partial charge in [-0.25, -0.2) is 4.98 Å². The highest BCUT2D eigenvalue weighted by molar-refractivity contribution is 7.15. The van der Waals surface area contributed by atoms with Crippen molar-refractivity contribution in [3.63, 3.8) is 0 Å². The number of hydrogen-bond acceptors (Lipinski definition) is 4. The minimum atomic E-state index is -0.000131. The third-order valence-corrected chi connectivity index (χ3v) is 3.58. The number of aromatic nitrogens is 1. The van der Waals surface area contributed by atoms with Crippen molar-refractivity contribution < 1.29 is 5.11 Å². The first kappa shape index (κ1) is 13.5. The fraction of sp³-hybridized carbons (Fsp3) is 0.750. The molecule has 1 aromatic rings. The predicted octanol–water partition coefficient (Wildman–Crippen LogP) is 2.78. The van der Waals surface area contributed by atoms with Crippen LogP contribution in [0, 0.1) is 0 Å². The van der Waals surface area contributed by atoms with Crippen LogP contribution in [0.4, 0.5) is 5.13 Å². The molecule has 0 fully saturated rings. The van der Waals surface area contributed by atoms with Gasteiger partial charge in [-0.2, -0.15) is 0 Å². The molecule has 1 heterocycles. The topological polar surface area (TPSA) is 36.4 Å². The summed E-state index contributed by atoms with van der Waals surface area (Å²) in [5.41, 5.74) is 1.03. The number of anilines is 1. The smallest absolute Gasteiger partial charge is 0.185 e. The molecule has 0 radical (unpaired) electrons.